The number of methoxy groups -OCH3 is 1. The number of aryl methyl sites for hydroxylation is 2. The second kappa shape index (κ2) is 11.4. The van der Waals surface area contributed by atoms with E-state index in [-0.39, 0.29) is 45.9 Å². The van der Waals surface area contributed by atoms with Crippen LogP contribution in [0.1, 0.15) is 23.1 Å². The molecule has 3 aromatic rings. The van der Waals surface area contributed by atoms with Gasteiger partial charge in [-0.15, -0.1) is 0 Å². The normalized spacial score (nSPS) is 11.1. The van der Waals surface area contributed by atoms with Crippen LogP contribution in [0.3, 0.4) is 0 Å². The highest BCUT2D eigenvalue weighted by molar-refractivity contribution is 7.92. The number of hydrogen-bond donors (Lipinski definition) is 2. The quantitative estimate of drug-likeness (QED) is 0.285. The summed E-state index contributed by atoms with van der Waals surface area (Å²) in [5, 5.41) is 13.6. The van der Waals surface area contributed by atoms with Crippen LogP contribution in [0.5, 0.6) is 5.75 Å². The molecule has 0 saturated heterocycles. The van der Waals surface area contributed by atoms with Crippen LogP contribution in [0.4, 0.5) is 15.8 Å². The fourth-order valence-electron chi connectivity index (χ4n) is 3.36. The standard InChI is InChI=1S/C24H23ClFN3O6S/c1-15-11-18(29(31)32)6-8-21(15)28-36(33,34)23-9-4-16(13-22(23)35-2)5-10-24(30)27-14-17-3-7-20(26)19(25)12-17/h3-4,6-9,11-13,28H,5,10,14H2,1-2H3,(H,27,30). The molecule has 0 saturated carbocycles. The molecule has 0 atom stereocenters. The van der Waals surface area contributed by atoms with Crippen molar-refractivity contribution >= 4 is 38.9 Å². The number of anilines is 1. The summed E-state index contributed by atoms with van der Waals surface area (Å²) in [7, 11) is -2.74. The monoisotopic (exact) mass is 535 g/mol. The van der Waals surface area contributed by atoms with Crippen LogP contribution >= 0.6 is 11.6 Å². The first-order chi connectivity index (χ1) is 17.0. The highest BCUT2D eigenvalue weighted by Gasteiger charge is 2.22. The van der Waals surface area contributed by atoms with Gasteiger partial charge in [0, 0.05) is 25.1 Å². The van der Waals surface area contributed by atoms with Gasteiger partial charge in [-0.1, -0.05) is 23.7 Å². The van der Waals surface area contributed by atoms with E-state index >= 15 is 0 Å². The van der Waals surface area contributed by atoms with Crippen molar-refractivity contribution in [3.05, 3.63) is 92.2 Å². The zero-order valence-electron chi connectivity index (χ0n) is 19.4. The number of nitro benzene ring substituents is 1. The number of sulfonamides is 1. The molecule has 3 rings (SSSR count). The Morgan fingerprint density at radius 2 is 1.83 bits per heavy atom. The number of nitrogens with zero attached hydrogens (tertiary/aromatic N) is 1. The molecule has 9 nitrogen and oxygen atoms in total. The molecular weight excluding hydrogens is 513 g/mol. The maximum Gasteiger partial charge on any atom is 0.269 e. The maximum absolute atomic E-state index is 13.2. The molecule has 3 aromatic carbocycles. The van der Waals surface area contributed by atoms with E-state index in [1.807, 2.05) is 0 Å². The smallest absolute Gasteiger partial charge is 0.269 e. The Hall–Kier alpha value is -3.70. The van der Waals surface area contributed by atoms with E-state index < -0.39 is 20.8 Å². The molecular formula is C24H23ClFN3O6S. The van der Waals surface area contributed by atoms with E-state index in [0.717, 1.165) is 0 Å². The average Bonchev–Trinajstić information content (AvgIpc) is 2.84. The Kier molecular flexibility index (Phi) is 8.49. The molecule has 0 aliphatic heterocycles. The van der Waals surface area contributed by atoms with Gasteiger partial charge in [-0.05, 0) is 60.4 Å². The largest absolute Gasteiger partial charge is 0.495 e. The van der Waals surface area contributed by atoms with Crippen molar-refractivity contribution in [2.45, 2.75) is 31.2 Å². The van der Waals surface area contributed by atoms with Crippen molar-refractivity contribution in [2.75, 3.05) is 11.8 Å². The minimum Gasteiger partial charge on any atom is -0.495 e. The van der Waals surface area contributed by atoms with Crippen molar-refractivity contribution in [2.24, 2.45) is 0 Å². The first kappa shape index (κ1) is 26.9. The van der Waals surface area contributed by atoms with Crippen molar-refractivity contribution in [1.29, 1.82) is 0 Å². The molecule has 1 amide bonds. The Morgan fingerprint density at radius 3 is 2.47 bits per heavy atom. The fraction of sp³-hybridized carbons (Fsp3) is 0.208. The maximum atomic E-state index is 13.2. The molecule has 0 aliphatic rings. The third-order valence-corrected chi connectivity index (χ3v) is 6.99. The molecule has 2 N–H and O–H groups in total. The second-order valence-corrected chi connectivity index (χ2v) is 9.93. The number of ether oxygens (including phenoxy) is 1. The highest BCUT2D eigenvalue weighted by atomic mass is 35.5. The van der Waals surface area contributed by atoms with Crippen LogP contribution < -0.4 is 14.8 Å². The number of benzene rings is 3. The summed E-state index contributed by atoms with van der Waals surface area (Å²) in [5.41, 5.74) is 1.77. The third kappa shape index (κ3) is 6.70. The van der Waals surface area contributed by atoms with Gasteiger partial charge < -0.3 is 10.1 Å². The van der Waals surface area contributed by atoms with E-state index in [1.54, 1.807) is 13.0 Å². The molecule has 0 radical (unpaired) electrons. The lowest BCUT2D eigenvalue weighted by Gasteiger charge is -2.14. The van der Waals surface area contributed by atoms with Crippen LogP contribution in [-0.4, -0.2) is 26.4 Å². The van der Waals surface area contributed by atoms with Crippen LogP contribution in [0.15, 0.2) is 59.5 Å². The molecule has 12 heteroatoms. The van der Waals surface area contributed by atoms with Crippen molar-refractivity contribution < 1.29 is 27.3 Å². The van der Waals surface area contributed by atoms with Gasteiger partial charge in [-0.25, -0.2) is 12.8 Å². The lowest BCUT2D eigenvalue weighted by Crippen LogP contribution is -2.23. The predicted molar refractivity (Wildman–Crippen MR) is 133 cm³/mol. The molecule has 0 heterocycles. The summed E-state index contributed by atoms with van der Waals surface area (Å²) < 4.78 is 46.9. The zero-order valence-corrected chi connectivity index (χ0v) is 21.0. The number of carbonyl (C=O) groups is 1. The van der Waals surface area contributed by atoms with Gasteiger partial charge in [0.05, 0.1) is 22.7 Å². The van der Waals surface area contributed by atoms with Crippen LogP contribution in [-0.2, 0) is 27.8 Å². The Balaban J connectivity index is 1.66. The zero-order chi connectivity index (χ0) is 26.5. The topological polar surface area (TPSA) is 128 Å². The fourth-order valence-corrected chi connectivity index (χ4v) is 4.85. The summed E-state index contributed by atoms with van der Waals surface area (Å²) in [6.07, 6.45) is 0.450. The molecule has 0 aromatic heterocycles. The Labute approximate surface area is 212 Å². The van der Waals surface area contributed by atoms with E-state index in [1.165, 1.54) is 55.6 Å². The summed E-state index contributed by atoms with van der Waals surface area (Å²) in [6, 6.07) is 12.5. The second-order valence-electron chi connectivity index (χ2n) is 7.87. The highest BCUT2D eigenvalue weighted by Crippen LogP contribution is 2.29. The third-order valence-electron chi connectivity index (χ3n) is 5.30. The van der Waals surface area contributed by atoms with Crippen molar-refractivity contribution in [3.63, 3.8) is 0 Å². The number of carbonyl (C=O) groups excluding carboxylic acids is 1. The predicted octanol–water partition coefficient (Wildman–Crippen LogP) is 4.75. The van der Waals surface area contributed by atoms with Crippen molar-refractivity contribution in [1.82, 2.24) is 5.32 Å². The van der Waals surface area contributed by atoms with Crippen LogP contribution in [0, 0.1) is 22.9 Å². The van der Waals surface area contributed by atoms with Gasteiger partial charge in [0.15, 0.2) is 0 Å². The summed E-state index contributed by atoms with van der Waals surface area (Å²) in [6.45, 7) is 1.74. The van der Waals surface area contributed by atoms with Crippen molar-refractivity contribution in [3.8, 4) is 5.75 Å². The van der Waals surface area contributed by atoms with Gasteiger partial charge in [-0.3, -0.25) is 19.6 Å². The molecule has 0 aliphatic carbocycles. The average molecular weight is 536 g/mol. The number of nitro groups is 1. The number of non-ortho nitro benzene ring substituents is 1. The first-order valence-corrected chi connectivity index (χ1v) is 12.5. The van der Waals surface area contributed by atoms with E-state index in [0.29, 0.717) is 23.1 Å². The SMILES string of the molecule is COc1cc(CCC(=O)NCc2ccc(F)c(Cl)c2)ccc1S(=O)(=O)Nc1ccc([N+](=O)[O-])cc1C. The molecule has 0 spiro atoms. The number of hydrogen-bond acceptors (Lipinski definition) is 6. The first-order valence-electron chi connectivity index (χ1n) is 10.7. The van der Waals surface area contributed by atoms with E-state index in [9.17, 15) is 27.7 Å². The lowest BCUT2D eigenvalue weighted by molar-refractivity contribution is -0.384. The minimum absolute atomic E-state index is 0.0258. The minimum atomic E-state index is -4.07. The molecule has 0 bridgehead atoms. The van der Waals surface area contributed by atoms with Gasteiger partial charge >= 0.3 is 0 Å². The number of nitrogens with one attached hydrogen (secondary N) is 2. The molecule has 0 fully saturated rings. The molecule has 190 valence electrons. The Morgan fingerprint density at radius 1 is 1.11 bits per heavy atom. The van der Waals surface area contributed by atoms with Crippen LogP contribution in [0.2, 0.25) is 5.02 Å². The van der Waals surface area contributed by atoms with Gasteiger partial charge in [-0.2, -0.15) is 0 Å². The number of halogens is 2. The number of rotatable bonds is 10. The number of amides is 1. The summed E-state index contributed by atoms with van der Waals surface area (Å²) in [4.78, 5) is 22.5. The molecule has 36 heavy (non-hydrogen) atoms. The summed E-state index contributed by atoms with van der Waals surface area (Å²) in [5.74, 6) is -0.702. The Bertz CT molecular complexity index is 1410. The molecule has 0 unspecified atom stereocenters. The van der Waals surface area contributed by atoms with Gasteiger partial charge in [0.25, 0.3) is 15.7 Å². The lowest BCUT2D eigenvalue weighted by atomic mass is 10.1. The van der Waals surface area contributed by atoms with Gasteiger partial charge in [0.2, 0.25) is 5.91 Å². The van der Waals surface area contributed by atoms with E-state index in [2.05, 4.69) is 10.0 Å². The van der Waals surface area contributed by atoms with Gasteiger partial charge in [0.1, 0.15) is 16.5 Å². The summed E-state index contributed by atoms with van der Waals surface area (Å²) >= 11 is 5.74. The van der Waals surface area contributed by atoms with Crippen LogP contribution in [0.25, 0.3) is 0 Å². The van der Waals surface area contributed by atoms with E-state index in [4.69, 9.17) is 16.3 Å².